The number of thioether (sulfide) groups is 1. The van der Waals surface area contributed by atoms with E-state index in [1.807, 2.05) is 11.8 Å². The Balaban J connectivity index is 2.18. The second-order valence-corrected chi connectivity index (χ2v) is 7.73. The van der Waals surface area contributed by atoms with Gasteiger partial charge in [0.1, 0.15) is 10.5 Å². The van der Waals surface area contributed by atoms with Gasteiger partial charge in [-0.3, -0.25) is 0 Å². The summed E-state index contributed by atoms with van der Waals surface area (Å²) in [4.78, 5) is -0.139. The molecule has 0 saturated carbocycles. The maximum Gasteiger partial charge on any atom is 0.127 e. The van der Waals surface area contributed by atoms with Gasteiger partial charge in [-0.2, -0.15) is 0 Å². The van der Waals surface area contributed by atoms with Gasteiger partial charge in [0.2, 0.25) is 0 Å². The minimum Gasteiger partial charge on any atom is -0.348 e. The van der Waals surface area contributed by atoms with Crippen molar-refractivity contribution in [3.8, 4) is 0 Å². The summed E-state index contributed by atoms with van der Waals surface area (Å²) in [5.74, 6) is 0.964. The molecule has 0 amide bonds. The van der Waals surface area contributed by atoms with Crippen molar-refractivity contribution in [3.05, 3.63) is 71.8 Å². The monoisotopic (exact) mass is 312 g/mol. The average molecular weight is 312 g/mol. The standard InChI is InChI=1S/C20H24OS/c1-15(2)18-19(3,22-4)21-20(18,16-11-7-5-8-12-16)17-13-9-6-10-14-17/h5-15,18H,1-4H3. The van der Waals surface area contributed by atoms with Gasteiger partial charge in [0, 0.05) is 5.92 Å². The van der Waals surface area contributed by atoms with E-state index in [0.717, 1.165) is 0 Å². The molecule has 0 spiro atoms. The first-order valence-corrected chi connectivity index (χ1v) is 9.13. The smallest absolute Gasteiger partial charge is 0.127 e. The van der Waals surface area contributed by atoms with E-state index in [1.165, 1.54) is 11.1 Å². The highest BCUT2D eigenvalue weighted by Crippen LogP contribution is 2.63. The second kappa shape index (κ2) is 5.75. The third kappa shape index (κ3) is 2.21. The van der Waals surface area contributed by atoms with E-state index in [9.17, 15) is 0 Å². The molecule has 2 aromatic rings. The molecule has 1 aliphatic rings. The summed E-state index contributed by atoms with van der Waals surface area (Å²) in [6.45, 7) is 6.84. The van der Waals surface area contributed by atoms with Gasteiger partial charge in [0.05, 0.1) is 0 Å². The Morgan fingerprint density at radius 1 is 0.909 bits per heavy atom. The summed E-state index contributed by atoms with van der Waals surface area (Å²) in [6.07, 6.45) is 2.15. The third-order valence-corrected chi connectivity index (χ3v) is 5.99. The molecule has 0 bridgehead atoms. The van der Waals surface area contributed by atoms with Gasteiger partial charge >= 0.3 is 0 Å². The summed E-state index contributed by atoms with van der Waals surface area (Å²) in [5, 5.41) is 0. The number of benzene rings is 2. The first-order valence-electron chi connectivity index (χ1n) is 7.91. The lowest BCUT2D eigenvalue weighted by Crippen LogP contribution is -2.65. The van der Waals surface area contributed by atoms with Crippen LogP contribution in [0.15, 0.2) is 60.7 Å². The van der Waals surface area contributed by atoms with Crippen molar-refractivity contribution in [1.29, 1.82) is 0 Å². The molecule has 2 atom stereocenters. The Kier molecular flexibility index (Phi) is 4.09. The van der Waals surface area contributed by atoms with Crippen molar-refractivity contribution < 1.29 is 4.74 Å². The van der Waals surface area contributed by atoms with Crippen LogP contribution in [0.5, 0.6) is 0 Å². The summed E-state index contributed by atoms with van der Waals surface area (Å²) in [5.41, 5.74) is 2.17. The lowest BCUT2D eigenvalue weighted by molar-refractivity contribution is -0.272. The molecule has 22 heavy (non-hydrogen) atoms. The third-order valence-electron chi connectivity index (χ3n) is 4.84. The second-order valence-electron chi connectivity index (χ2n) is 6.51. The van der Waals surface area contributed by atoms with Crippen molar-refractivity contribution in [2.24, 2.45) is 11.8 Å². The molecule has 0 radical (unpaired) electrons. The largest absolute Gasteiger partial charge is 0.348 e. The van der Waals surface area contributed by atoms with Crippen molar-refractivity contribution in [3.63, 3.8) is 0 Å². The van der Waals surface area contributed by atoms with Crippen molar-refractivity contribution in [2.45, 2.75) is 31.3 Å². The summed E-state index contributed by atoms with van der Waals surface area (Å²) >= 11 is 1.82. The highest BCUT2D eigenvalue weighted by molar-refractivity contribution is 7.99. The van der Waals surface area contributed by atoms with Crippen LogP contribution in [-0.4, -0.2) is 11.2 Å². The predicted molar refractivity (Wildman–Crippen MR) is 95.0 cm³/mol. The van der Waals surface area contributed by atoms with Crippen LogP contribution in [0.2, 0.25) is 0 Å². The van der Waals surface area contributed by atoms with Crippen molar-refractivity contribution in [2.75, 3.05) is 6.26 Å². The van der Waals surface area contributed by atoms with Gasteiger partial charge in [0.15, 0.2) is 0 Å². The maximum absolute atomic E-state index is 6.67. The Labute approximate surface area is 138 Å². The van der Waals surface area contributed by atoms with Crippen LogP contribution >= 0.6 is 11.8 Å². The van der Waals surface area contributed by atoms with Crippen molar-refractivity contribution >= 4 is 11.8 Å². The molecular formula is C20H24OS. The molecule has 2 aromatic carbocycles. The first kappa shape index (κ1) is 15.6. The summed E-state index contributed by atoms with van der Waals surface area (Å²) in [7, 11) is 0. The lowest BCUT2D eigenvalue weighted by atomic mass is 9.64. The fourth-order valence-corrected chi connectivity index (χ4v) is 4.92. The van der Waals surface area contributed by atoms with E-state index in [1.54, 1.807) is 0 Å². The van der Waals surface area contributed by atoms with Crippen LogP contribution in [0.4, 0.5) is 0 Å². The number of hydrogen-bond donors (Lipinski definition) is 0. The van der Waals surface area contributed by atoms with Gasteiger partial charge in [-0.15, -0.1) is 11.8 Å². The van der Waals surface area contributed by atoms with E-state index in [-0.39, 0.29) is 10.5 Å². The number of rotatable bonds is 4. The van der Waals surface area contributed by atoms with Gasteiger partial charge in [-0.25, -0.2) is 0 Å². The Hall–Kier alpha value is -1.25. The number of ether oxygens (including phenoxy) is 1. The maximum atomic E-state index is 6.67. The topological polar surface area (TPSA) is 9.23 Å². The van der Waals surface area contributed by atoms with E-state index >= 15 is 0 Å². The quantitative estimate of drug-likeness (QED) is 0.756. The van der Waals surface area contributed by atoms with E-state index in [2.05, 4.69) is 87.7 Å². The predicted octanol–water partition coefficient (Wildman–Crippen LogP) is 5.31. The molecule has 1 heterocycles. The molecule has 0 aliphatic carbocycles. The van der Waals surface area contributed by atoms with E-state index in [0.29, 0.717) is 11.8 Å². The molecule has 0 aromatic heterocycles. The SMILES string of the molecule is CSC1(C)OC(c2ccccc2)(c2ccccc2)C1C(C)C. The molecular weight excluding hydrogens is 288 g/mol. The van der Waals surface area contributed by atoms with E-state index < -0.39 is 0 Å². The minimum atomic E-state index is -0.339. The number of hydrogen-bond acceptors (Lipinski definition) is 2. The highest BCUT2D eigenvalue weighted by Gasteiger charge is 2.64. The fourth-order valence-electron chi connectivity index (χ4n) is 4.02. The molecule has 116 valence electrons. The van der Waals surface area contributed by atoms with Crippen LogP contribution in [0, 0.1) is 11.8 Å². The summed E-state index contributed by atoms with van der Waals surface area (Å²) < 4.78 is 6.67. The van der Waals surface area contributed by atoms with Gasteiger partial charge in [0.25, 0.3) is 0 Å². The Bertz CT molecular complexity index is 583. The van der Waals surface area contributed by atoms with Crippen molar-refractivity contribution in [1.82, 2.24) is 0 Å². The zero-order valence-electron chi connectivity index (χ0n) is 13.7. The molecule has 0 N–H and O–H groups in total. The van der Waals surface area contributed by atoms with Gasteiger partial charge in [-0.05, 0) is 30.2 Å². The van der Waals surface area contributed by atoms with E-state index in [4.69, 9.17) is 4.74 Å². The van der Waals surface area contributed by atoms with Crippen LogP contribution in [0.25, 0.3) is 0 Å². The summed E-state index contributed by atoms with van der Waals surface area (Å²) in [6, 6.07) is 21.4. The zero-order chi connectivity index (χ0) is 15.8. The van der Waals surface area contributed by atoms with Crippen LogP contribution in [0.3, 0.4) is 0 Å². The highest BCUT2D eigenvalue weighted by atomic mass is 32.2. The molecule has 3 rings (SSSR count). The van der Waals surface area contributed by atoms with Gasteiger partial charge < -0.3 is 4.74 Å². The first-order chi connectivity index (χ1) is 10.5. The van der Waals surface area contributed by atoms with Crippen LogP contribution in [0.1, 0.15) is 31.9 Å². The van der Waals surface area contributed by atoms with Gasteiger partial charge in [-0.1, -0.05) is 74.5 Å². The normalized spacial score (nSPS) is 26.7. The minimum absolute atomic E-state index is 0.139. The molecule has 1 aliphatic heterocycles. The molecule has 1 saturated heterocycles. The molecule has 1 fully saturated rings. The molecule has 2 heteroatoms. The average Bonchev–Trinajstić information content (AvgIpc) is 2.53. The Morgan fingerprint density at radius 2 is 1.36 bits per heavy atom. The Morgan fingerprint density at radius 3 is 1.73 bits per heavy atom. The molecule has 2 unspecified atom stereocenters. The fraction of sp³-hybridized carbons (Fsp3) is 0.400. The van der Waals surface area contributed by atoms with Crippen LogP contribution < -0.4 is 0 Å². The zero-order valence-corrected chi connectivity index (χ0v) is 14.6. The molecule has 1 nitrogen and oxygen atoms in total. The lowest BCUT2D eigenvalue weighted by Gasteiger charge is -2.63. The van der Waals surface area contributed by atoms with Crippen LogP contribution in [-0.2, 0) is 10.3 Å².